The van der Waals surface area contributed by atoms with Crippen molar-refractivity contribution in [2.75, 3.05) is 20.1 Å². The quantitative estimate of drug-likeness (QED) is 0.881. The lowest BCUT2D eigenvalue weighted by molar-refractivity contribution is 0.0797. The highest BCUT2D eigenvalue weighted by Crippen LogP contribution is 2.41. The first-order valence-electron chi connectivity index (χ1n) is 8.26. The molecule has 2 heterocycles. The van der Waals surface area contributed by atoms with E-state index in [2.05, 4.69) is 44.2 Å². The van der Waals surface area contributed by atoms with Gasteiger partial charge in [-0.05, 0) is 79.8 Å². The van der Waals surface area contributed by atoms with Crippen molar-refractivity contribution in [3.63, 3.8) is 0 Å². The zero-order chi connectivity index (χ0) is 14.7. The van der Waals surface area contributed by atoms with E-state index in [1.807, 2.05) is 12.4 Å². The van der Waals surface area contributed by atoms with Crippen molar-refractivity contribution in [1.82, 2.24) is 15.2 Å². The van der Waals surface area contributed by atoms with E-state index in [0.29, 0.717) is 11.6 Å². The Kier molecular flexibility index (Phi) is 4.97. The van der Waals surface area contributed by atoms with E-state index in [9.17, 15) is 0 Å². The van der Waals surface area contributed by atoms with Crippen molar-refractivity contribution >= 4 is 15.9 Å². The van der Waals surface area contributed by atoms with Gasteiger partial charge in [0.1, 0.15) is 0 Å². The second kappa shape index (κ2) is 6.76. The van der Waals surface area contributed by atoms with Gasteiger partial charge in [0.25, 0.3) is 0 Å². The normalized spacial score (nSPS) is 23.5. The summed E-state index contributed by atoms with van der Waals surface area (Å²) in [6.45, 7) is 2.57. The molecule has 0 bridgehead atoms. The highest BCUT2D eigenvalue weighted by Gasteiger charge is 2.45. The molecule has 0 aromatic carbocycles. The maximum atomic E-state index is 4.33. The molecule has 21 heavy (non-hydrogen) atoms. The van der Waals surface area contributed by atoms with Crippen molar-refractivity contribution in [2.24, 2.45) is 0 Å². The van der Waals surface area contributed by atoms with Gasteiger partial charge in [-0.25, -0.2) is 0 Å². The summed E-state index contributed by atoms with van der Waals surface area (Å²) in [4.78, 5) is 7.11. The molecular weight excluding hydrogens is 326 g/mol. The van der Waals surface area contributed by atoms with E-state index in [4.69, 9.17) is 0 Å². The van der Waals surface area contributed by atoms with Gasteiger partial charge in [0.2, 0.25) is 0 Å². The van der Waals surface area contributed by atoms with Crippen LogP contribution >= 0.6 is 15.9 Å². The molecule has 1 aliphatic heterocycles. The van der Waals surface area contributed by atoms with Crippen LogP contribution in [0.1, 0.15) is 44.1 Å². The van der Waals surface area contributed by atoms with Gasteiger partial charge in [0, 0.05) is 28.4 Å². The summed E-state index contributed by atoms with van der Waals surface area (Å²) >= 11 is 3.54. The molecule has 2 fully saturated rings. The molecule has 1 aromatic heterocycles. The summed E-state index contributed by atoms with van der Waals surface area (Å²) < 4.78 is 1.08. The topological polar surface area (TPSA) is 28.2 Å². The SMILES string of the molecule is CNC(Cc1cncc(Br)c1)C1(N2CCCC2)CCCC1. The lowest BCUT2D eigenvalue weighted by Gasteiger charge is -2.45. The second-order valence-electron chi connectivity index (χ2n) is 6.56. The summed E-state index contributed by atoms with van der Waals surface area (Å²) in [5, 5.41) is 3.64. The van der Waals surface area contributed by atoms with Crippen LogP contribution in [0.2, 0.25) is 0 Å². The van der Waals surface area contributed by atoms with Gasteiger partial charge < -0.3 is 5.32 Å². The van der Waals surface area contributed by atoms with Crippen molar-refractivity contribution < 1.29 is 0 Å². The van der Waals surface area contributed by atoms with Crippen LogP contribution < -0.4 is 5.32 Å². The van der Waals surface area contributed by atoms with Crippen LogP contribution in [0.25, 0.3) is 0 Å². The molecule has 3 nitrogen and oxygen atoms in total. The Labute approximate surface area is 136 Å². The molecule has 3 rings (SSSR count). The van der Waals surface area contributed by atoms with Gasteiger partial charge in [-0.15, -0.1) is 0 Å². The Morgan fingerprint density at radius 1 is 1.24 bits per heavy atom. The minimum atomic E-state index is 0.369. The molecule has 1 saturated heterocycles. The van der Waals surface area contributed by atoms with Gasteiger partial charge in [-0.2, -0.15) is 0 Å². The fraction of sp³-hybridized carbons (Fsp3) is 0.706. The van der Waals surface area contributed by atoms with Crippen molar-refractivity contribution in [3.8, 4) is 0 Å². The Bertz CT molecular complexity index is 465. The lowest BCUT2D eigenvalue weighted by atomic mass is 9.83. The number of nitrogens with zero attached hydrogens (tertiary/aromatic N) is 2. The standard InChI is InChI=1S/C17H26BrN3/c1-19-16(11-14-10-15(18)13-20-12-14)17(6-2-3-7-17)21-8-4-5-9-21/h10,12-13,16,19H,2-9,11H2,1H3. The van der Waals surface area contributed by atoms with Crippen LogP contribution in [-0.2, 0) is 6.42 Å². The molecule has 1 unspecified atom stereocenters. The van der Waals surface area contributed by atoms with Crippen LogP contribution in [0.4, 0.5) is 0 Å². The van der Waals surface area contributed by atoms with Gasteiger partial charge in [0.05, 0.1) is 0 Å². The Balaban J connectivity index is 1.82. The average molecular weight is 352 g/mol. The Morgan fingerprint density at radius 2 is 1.95 bits per heavy atom. The maximum Gasteiger partial charge on any atom is 0.0410 e. The number of aromatic nitrogens is 1. The van der Waals surface area contributed by atoms with Gasteiger partial charge in [-0.3, -0.25) is 9.88 Å². The second-order valence-corrected chi connectivity index (χ2v) is 7.48. The van der Waals surface area contributed by atoms with E-state index in [0.717, 1.165) is 10.9 Å². The van der Waals surface area contributed by atoms with E-state index in [1.165, 1.54) is 57.2 Å². The van der Waals surface area contributed by atoms with Crippen molar-refractivity contribution in [2.45, 2.75) is 56.5 Å². The van der Waals surface area contributed by atoms with Gasteiger partial charge in [0.15, 0.2) is 0 Å². The molecule has 2 aliphatic rings. The number of nitrogens with one attached hydrogen (secondary N) is 1. The lowest BCUT2D eigenvalue weighted by Crippen LogP contribution is -2.59. The third-order valence-electron chi connectivity index (χ3n) is 5.40. The molecule has 0 spiro atoms. The fourth-order valence-corrected chi connectivity index (χ4v) is 4.81. The number of likely N-dealkylation sites (N-methyl/N-ethyl adjacent to an activating group) is 1. The number of hydrogen-bond acceptors (Lipinski definition) is 3. The predicted molar refractivity (Wildman–Crippen MR) is 90.5 cm³/mol. The fourth-order valence-electron chi connectivity index (χ4n) is 4.40. The highest BCUT2D eigenvalue weighted by atomic mass is 79.9. The summed E-state index contributed by atoms with van der Waals surface area (Å²) in [7, 11) is 2.13. The Morgan fingerprint density at radius 3 is 2.57 bits per heavy atom. The smallest absolute Gasteiger partial charge is 0.0410 e. The molecule has 0 radical (unpaired) electrons. The number of rotatable bonds is 5. The first-order valence-corrected chi connectivity index (χ1v) is 9.06. The number of pyridine rings is 1. The van der Waals surface area contributed by atoms with Crippen LogP contribution in [0.5, 0.6) is 0 Å². The molecule has 1 N–H and O–H groups in total. The summed E-state index contributed by atoms with van der Waals surface area (Å²) in [6, 6.07) is 2.73. The molecule has 0 amide bonds. The van der Waals surface area contributed by atoms with Gasteiger partial charge >= 0.3 is 0 Å². The monoisotopic (exact) mass is 351 g/mol. The first-order chi connectivity index (χ1) is 10.2. The molecule has 1 aliphatic carbocycles. The van der Waals surface area contributed by atoms with Crippen LogP contribution in [0.3, 0.4) is 0 Å². The highest BCUT2D eigenvalue weighted by molar-refractivity contribution is 9.10. The van der Waals surface area contributed by atoms with E-state index in [-0.39, 0.29) is 0 Å². The molecule has 116 valence electrons. The number of likely N-dealkylation sites (tertiary alicyclic amines) is 1. The molecule has 1 saturated carbocycles. The van der Waals surface area contributed by atoms with Crippen molar-refractivity contribution in [1.29, 1.82) is 0 Å². The van der Waals surface area contributed by atoms with Crippen LogP contribution in [0, 0.1) is 0 Å². The van der Waals surface area contributed by atoms with E-state index < -0.39 is 0 Å². The third-order valence-corrected chi connectivity index (χ3v) is 5.84. The molecule has 1 atom stereocenters. The zero-order valence-corrected chi connectivity index (χ0v) is 14.5. The Hall–Kier alpha value is -0.450. The van der Waals surface area contributed by atoms with Gasteiger partial charge in [-0.1, -0.05) is 12.8 Å². The van der Waals surface area contributed by atoms with Crippen LogP contribution in [-0.4, -0.2) is 41.6 Å². The summed E-state index contributed by atoms with van der Waals surface area (Å²) in [6.07, 6.45) is 13.1. The summed E-state index contributed by atoms with van der Waals surface area (Å²) in [5.74, 6) is 0. The minimum Gasteiger partial charge on any atom is -0.315 e. The molecule has 4 heteroatoms. The zero-order valence-electron chi connectivity index (χ0n) is 12.9. The summed E-state index contributed by atoms with van der Waals surface area (Å²) in [5.41, 5.74) is 1.70. The number of hydrogen-bond donors (Lipinski definition) is 1. The predicted octanol–water partition coefficient (Wildman–Crippen LogP) is 3.38. The van der Waals surface area contributed by atoms with Crippen LogP contribution in [0.15, 0.2) is 22.9 Å². The first kappa shape index (κ1) is 15.4. The van der Waals surface area contributed by atoms with Crippen molar-refractivity contribution in [3.05, 3.63) is 28.5 Å². The maximum absolute atomic E-state index is 4.33. The van der Waals surface area contributed by atoms with E-state index >= 15 is 0 Å². The van der Waals surface area contributed by atoms with E-state index in [1.54, 1.807) is 0 Å². The largest absolute Gasteiger partial charge is 0.315 e. The number of halogens is 1. The molecular formula is C17H26BrN3. The molecule has 1 aromatic rings. The average Bonchev–Trinajstić information content (AvgIpc) is 3.16. The third kappa shape index (κ3) is 3.17. The minimum absolute atomic E-state index is 0.369.